The standard InChI is InChI=1S/C18H17N3O/c1-12-10-13-6-2-5-9-16(13)21(12)11-17-19-15-8-4-3-7-14(15)18(22)20-17/h2-9,12H,10-11H2,1H3,(H,19,20,22)/t12-/m1/s1. The molecule has 3 aromatic rings. The Morgan fingerprint density at radius 2 is 1.95 bits per heavy atom. The van der Waals surface area contributed by atoms with E-state index in [-0.39, 0.29) is 5.56 Å². The lowest BCUT2D eigenvalue weighted by molar-refractivity contribution is 0.655. The molecule has 0 fully saturated rings. The van der Waals surface area contributed by atoms with Crippen LogP contribution in [0.15, 0.2) is 53.3 Å². The van der Waals surface area contributed by atoms with E-state index in [1.54, 1.807) is 6.07 Å². The lowest BCUT2D eigenvalue weighted by Crippen LogP contribution is -2.30. The molecule has 1 aliphatic rings. The molecular weight excluding hydrogens is 274 g/mol. The molecule has 0 radical (unpaired) electrons. The first-order valence-electron chi connectivity index (χ1n) is 7.55. The first-order chi connectivity index (χ1) is 10.7. The Morgan fingerprint density at radius 3 is 2.86 bits per heavy atom. The highest BCUT2D eigenvalue weighted by atomic mass is 16.1. The zero-order valence-electron chi connectivity index (χ0n) is 12.4. The Labute approximate surface area is 128 Å². The SMILES string of the molecule is C[C@@H]1Cc2ccccc2N1Cc1nc2ccccc2c(=O)[nH]1. The van der Waals surface area contributed by atoms with Crippen molar-refractivity contribution in [3.05, 3.63) is 70.3 Å². The summed E-state index contributed by atoms with van der Waals surface area (Å²) in [6, 6.07) is 16.3. The smallest absolute Gasteiger partial charge is 0.258 e. The van der Waals surface area contributed by atoms with Crippen molar-refractivity contribution in [2.24, 2.45) is 0 Å². The third kappa shape index (κ3) is 2.08. The summed E-state index contributed by atoms with van der Waals surface area (Å²) in [5, 5.41) is 0.640. The molecule has 0 unspecified atom stereocenters. The molecule has 1 aliphatic heterocycles. The highest BCUT2D eigenvalue weighted by Crippen LogP contribution is 2.32. The summed E-state index contributed by atoms with van der Waals surface area (Å²) in [6.45, 7) is 2.83. The van der Waals surface area contributed by atoms with E-state index in [1.807, 2.05) is 18.2 Å². The van der Waals surface area contributed by atoms with Gasteiger partial charge in [0.05, 0.1) is 17.4 Å². The fraction of sp³-hybridized carbons (Fsp3) is 0.222. The van der Waals surface area contributed by atoms with E-state index in [0.29, 0.717) is 23.8 Å². The molecule has 22 heavy (non-hydrogen) atoms. The van der Waals surface area contributed by atoms with E-state index in [9.17, 15) is 4.79 Å². The molecule has 4 heteroatoms. The van der Waals surface area contributed by atoms with Crippen LogP contribution in [-0.4, -0.2) is 16.0 Å². The minimum atomic E-state index is -0.0688. The van der Waals surface area contributed by atoms with Gasteiger partial charge in [-0.2, -0.15) is 0 Å². The van der Waals surface area contributed by atoms with Crippen LogP contribution in [-0.2, 0) is 13.0 Å². The lowest BCUT2D eigenvalue weighted by atomic mass is 10.1. The van der Waals surface area contributed by atoms with E-state index >= 15 is 0 Å². The minimum Gasteiger partial charge on any atom is -0.361 e. The van der Waals surface area contributed by atoms with Crippen LogP contribution >= 0.6 is 0 Å². The number of fused-ring (bicyclic) bond motifs is 2. The van der Waals surface area contributed by atoms with Gasteiger partial charge in [0.15, 0.2) is 0 Å². The van der Waals surface area contributed by atoms with Crippen LogP contribution in [0.5, 0.6) is 0 Å². The number of rotatable bonds is 2. The summed E-state index contributed by atoms with van der Waals surface area (Å²) in [5.41, 5.74) is 3.28. The van der Waals surface area contributed by atoms with Gasteiger partial charge in [-0.15, -0.1) is 0 Å². The van der Waals surface area contributed by atoms with Gasteiger partial charge < -0.3 is 9.88 Å². The molecular formula is C18H17N3O. The zero-order chi connectivity index (χ0) is 15.1. The summed E-state index contributed by atoms with van der Waals surface area (Å²) in [6.07, 6.45) is 1.04. The highest BCUT2D eigenvalue weighted by molar-refractivity contribution is 5.77. The van der Waals surface area contributed by atoms with E-state index in [2.05, 4.69) is 46.1 Å². The van der Waals surface area contributed by atoms with E-state index in [1.165, 1.54) is 11.3 Å². The maximum absolute atomic E-state index is 12.2. The largest absolute Gasteiger partial charge is 0.361 e. The van der Waals surface area contributed by atoms with Crippen LogP contribution in [0.1, 0.15) is 18.3 Å². The van der Waals surface area contributed by atoms with Crippen molar-refractivity contribution < 1.29 is 0 Å². The average molecular weight is 291 g/mol. The van der Waals surface area contributed by atoms with Gasteiger partial charge in [-0.25, -0.2) is 4.98 Å². The second kappa shape index (κ2) is 4.98. The van der Waals surface area contributed by atoms with E-state index in [0.717, 1.165) is 11.9 Å². The molecule has 0 bridgehead atoms. The summed E-state index contributed by atoms with van der Waals surface area (Å²) >= 11 is 0. The van der Waals surface area contributed by atoms with Crippen LogP contribution in [0.25, 0.3) is 10.9 Å². The Balaban J connectivity index is 1.74. The lowest BCUT2D eigenvalue weighted by Gasteiger charge is -2.24. The van der Waals surface area contributed by atoms with Crippen LogP contribution in [0.4, 0.5) is 5.69 Å². The number of aromatic nitrogens is 2. The second-order valence-electron chi connectivity index (χ2n) is 5.84. The number of nitrogens with one attached hydrogen (secondary N) is 1. The molecule has 0 saturated carbocycles. The number of benzene rings is 2. The van der Waals surface area contributed by atoms with Crippen LogP contribution in [0.2, 0.25) is 0 Å². The fourth-order valence-electron chi connectivity index (χ4n) is 3.24. The number of nitrogens with zero attached hydrogens (tertiary/aromatic N) is 2. The summed E-state index contributed by atoms with van der Waals surface area (Å²) in [7, 11) is 0. The van der Waals surface area contributed by atoms with Crippen LogP contribution < -0.4 is 10.5 Å². The zero-order valence-corrected chi connectivity index (χ0v) is 12.4. The molecule has 1 atom stereocenters. The van der Waals surface area contributed by atoms with Crippen LogP contribution in [0, 0.1) is 0 Å². The third-order valence-corrected chi connectivity index (χ3v) is 4.33. The number of hydrogen-bond donors (Lipinski definition) is 1. The van der Waals surface area contributed by atoms with Crippen molar-refractivity contribution in [3.63, 3.8) is 0 Å². The van der Waals surface area contributed by atoms with Gasteiger partial charge in [-0.1, -0.05) is 30.3 Å². The van der Waals surface area contributed by atoms with Gasteiger partial charge in [-0.05, 0) is 37.1 Å². The molecule has 1 aromatic heterocycles. The number of para-hydroxylation sites is 2. The van der Waals surface area contributed by atoms with Crippen molar-refractivity contribution in [3.8, 4) is 0 Å². The summed E-state index contributed by atoms with van der Waals surface area (Å²) in [4.78, 5) is 22.0. The Kier molecular flexibility index (Phi) is 2.96. The van der Waals surface area contributed by atoms with Crippen molar-refractivity contribution in [2.45, 2.75) is 25.9 Å². The number of aromatic amines is 1. The molecule has 4 rings (SSSR count). The number of hydrogen-bond acceptors (Lipinski definition) is 3. The Bertz CT molecular complexity index is 900. The predicted octanol–water partition coefficient (Wildman–Crippen LogP) is 2.87. The normalized spacial score (nSPS) is 17.0. The first kappa shape index (κ1) is 13.1. The molecule has 0 saturated heterocycles. The maximum Gasteiger partial charge on any atom is 0.258 e. The Hall–Kier alpha value is -2.62. The number of H-pyrrole nitrogens is 1. The molecule has 1 N–H and O–H groups in total. The minimum absolute atomic E-state index is 0.0688. The predicted molar refractivity (Wildman–Crippen MR) is 88.2 cm³/mol. The van der Waals surface area contributed by atoms with Gasteiger partial charge in [-0.3, -0.25) is 4.79 Å². The number of anilines is 1. The quantitative estimate of drug-likeness (QED) is 0.790. The van der Waals surface area contributed by atoms with E-state index in [4.69, 9.17) is 0 Å². The second-order valence-corrected chi connectivity index (χ2v) is 5.84. The van der Waals surface area contributed by atoms with Crippen LogP contribution in [0.3, 0.4) is 0 Å². The summed E-state index contributed by atoms with van der Waals surface area (Å²) < 4.78 is 0. The monoisotopic (exact) mass is 291 g/mol. The maximum atomic E-state index is 12.2. The highest BCUT2D eigenvalue weighted by Gasteiger charge is 2.26. The van der Waals surface area contributed by atoms with Crippen molar-refractivity contribution in [2.75, 3.05) is 4.90 Å². The summed E-state index contributed by atoms with van der Waals surface area (Å²) in [5.74, 6) is 0.715. The molecule has 2 heterocycles. The van der Waals surface area contributed by atoms with Crippen molar-refractivity contribution in [1.82, 2.24) is 9.97 Å². The van der Waals surface area contributed by atoms with Crippen molar-refractivity contribution >= 4 is 16.6 Å². The molecule has 0 amide bonds. The average Bonchev–Trinajstić information content (AvgIpc) is 2.84. The molecule has 2 aromatic carbocycles. The fourth-order valence-corrected chi connectivity index (χ4v) is 3.24. The van der Waals surface area contributed by atoms with Gasteiger partial charge in [0, 0.05) is 11.7 Å². The van der Waals surface area contributed by atoms with Gasteiger partial charge in [0.25, 0.3) is 5.56 Å². The Morgan fingerprint density at radius 1 is 1.18 bits per heavy atom. The third-order valence-electron chi connectivity index (χ3n) is 4.33. The van der Waals surface area contributed by atoms with Gasteiger partial charge in [0.1, 0.15) is 5.82 Å². The van der Waals surface area contributed by atoms with Gasteiger partial charge >= 0.3 is 0 Å². The molecule has 4 nitrogen and oxygen atoms in total. The van der Waals surface area contributed by atoms with Crippen molar-refractivity contribution in [1.29, 1.82) is 0 Å². The topological polar surface area (TPSA) is 49.0 Å². The first-order valence-corrected chi connectivity index (χ1v) is 7.55. The molecule has 0 aliphatic carbocycles. The molecule has 110 valence electrons. The van der Waals surface area contributed by atoms with Gasteiger partial charge in [0.2, 0.25) is 0 Å². The molecule has 0 spiro atoms. The van der Waals surface area contributed by atoms with E-state index < -0.39 is 0 Å².